The van der Waals surface area contributed by atoms with Gasteiger partial charge in [-0.3, -0.25) is 9.69 Å². The number of nitrogens with one attached hydrogen (secondary N) is 1. The third-order valence-corrected chi connectivity index (χ3v) is 2.70. The smallest absolute Gasteiger partial charge is 0.322 e. The lowest BCUT2D eigenvalue weighted by atomic mass is 10.2. The van der Waals surface area contributed by atoms with E-state index in [2.05, 4.69) is 42.6 Å². The number of methoxy groups -OCH3 is 1. The molecule has 0 amide bonds. The predicted octanol–water partition coefficient (Wildman–Crippen LogP) is 1.26. The molecule has 1 atom stereocenters. The standard InChI is InChI=1S/C12H26N2O2/c1-9(2)14(10(3)4)8-7-13-11(5)12(15)16-6/h9-11,13H,7-8H2,1-6H3. The maximum absolute atomic E-state index is 11.2. The van der Waals surface area contributed by atoms with Gasteiger partial charge in [0.25, 0.3) is 0 Å². The lowest BCUT2D eigenvalue weighted by Crippen LogP contribution is -2.44. The Morgan fingerprint density at radius 2 is 1.69 bits per heavy atom. The SMILES string of the molecule is COC(=O)C(C)NCCN(C(C)C)C(C)C. The van der Waals surface area contributed by atoms with Crippen molar-refractivity contribution >= 4 is 5.97 Å². The number of carbonyl (C=O) groups is 1. The number of rotatable bonds is 7. The normalized spacial score (nSPS) is 13.6. The van der Waals surface area contributed by atoms with Crippen LogP contribution in [0.25, 0.3) is 0 Å². The van der Waals surface area contributed by atoms with E-state index in [1.54, 1.807) is 0 Å². The lowest BCUT2D eigenvalue weighted by molar-refractivity contribution is -0.142. The van der Waals surface area contributed by atoms with Crippen LogP contribution in [0, 0.1) is 0 Å². The Bertz CT molecular complexity index is 197. The average Bonchev–Trinajstić information content (AvgIpc) is 2.21. The van der Waals surface area contributed by atoms with Gasteiger partial charge in [0.1, 0.15) is 6.04 Å². The zero-order valence-corrected chi connectivity index (χ0v) is 11.4. The molecule has 0 spiro atoms. The lowest BCUT2D eigenvalue weighted by Gasteiger charge is -2.30. The highest BCUT2D eigenvalue weighted by Gasteiger charge is 2.15. The van der Waals surface area contributed by atoms with Gasteiger partial charge in [0.05, 0.1) is 7.11 Å². The van der Waals surface area contributed by atoms with Crippen molar-refractivity contribution in [2.24, 2.45) is 0 Å². The molecule has 0 aromatic rings. The maximum Gasteiger partial charge on any atom is 0.322 e. The van der Waals surface area contributed by atoms with Crippen LogP contribution < -0.4 is 5.32 Å². The molecule has 0 saturated heterocycles. The molecule has 0 aliphatic heterocycles. The minimum atomic E-state index is -0.230. The van der Waals surface area contributed by atoms with Gasteiger partial charge in [-0.2, -0.15) is 0 Å². The molecule has 4 nitrogen and oxygen atoms in total. The van der Waals surface area contributed by atoms with Crippen molar-refractivity contribution in [2.75, 3.05) is 20.2 Å². The van der Waals surface area contributed by atoms with E-state index in [-0.39, 0.29) is 12.0 Å². The fraction of sp³-hybridized carbons (Fsp3) is 0.917. The third kappa shape index (κ3) is 5.47. The molecule has 0 aromatic heterocycles. The van der Waals surface area contributed by atoms with Gasteiger partial charge in [-0.15, -0.1) is 0 Å². The number of hydrogen-bond donors (Lipinski definition) is 1. The van der Waals surface area contributed by atoms with Crippen LogP contribution in [0.4, 0.5) is 0 Å². The van der Waals surface area contributed by atoms with Crippen LogP contribution >= 0.6 is 0 Å². The summed E-state index contributed by atoms with van der Waals surface area (Å²) in [6.45, 7) is 12.3. The monoisotopic (exact) mass is 230 g/mol. The predicted molar refractivity (Wildman–Crippen MR) is 66.5 cm³/mol. The largest absolute Gasteiger partial charge is 0.468 e. The number of esters is 1. The van der Waals surface area contributed by atoms with Crippen molar-refractivity contribution in [1.82, 2.24) is 10.2 Å². The molecule has 0 bridgehead atoms. The summed E-state index contributed by atoms with van der Waals surface area (Å²) in [4.78, 5) is 13.5. The third-order valence-electron chi connectivity index (χ3n) is 2.70. The zero-order chi connectivity index (χ0) is 12.7. The van der Waals surface area contributed by atoms with E-state index >= 15 is 0 Å². The number of nitrogens with zero attached hydrogens (tertiary/aromatic N) is 1. The van der Waals surface area contributed by atoms with Crippen LogP contribution in [-0.2, 0) is 9.53 Å². The van der Waals surface area contributed by atoms with Crippen LogP contribution in [0.3, 0.4) is 0 Å². The molecule has 1 N–H and O–H groups in total. The molecule has 0 aliphatic carbocycles. The summed E-state index contributed by atoms with van der Waals surface area (Å²) in [7, 11) is 1.41. The van der Waals surface area contributed by atoms with Crippen molar-refractivity contribution in [3.05, 3.63) is 0 Å². The summed E-state index contributed by atoms with van der Waals surface area (Å²) < 4.78 is 4.65. The Morgan fingerprint density at radius 3 is 2.06 bits per heavy atom. The van der Waals surface area contributed by atoms with Gasteiger partial charge in [0, 0.05) is 25.2 Å². The first-order chi connectivity index (χ1) is 7.40. The highest BCUT2D eigenvalue weighted by Crippen LogP contribution is 2.03. The second-order valence-corrected chi connectivity index (χ2v) is 4.62. The van der Waals surface area contributed by atoms with E-state index < -0.39 is 0 Å². The van der Waals surface area contributed by atoms with Crippen LogP contribution in [0.1, 0.15) is 34.6 Å². The molecule has 16 heavy (non-hydrogen) atoms. The number of hydrogen-bond acceptors (Lipinski definition) is 4. The summed E-state index contributed by atoms with van der Waals surface area (Å²) in [5.74, 6) is -0.208. The summed E-state index contributed by atoms with van der Waals surface area (Å²) >= 11 is 0. The highest BCUT2D eigenvalue weighted by molar-refractivity contribution is 5.75. The first-order valence-corrected chi connectivity index (χ1v) is 5.97. The average molecular weight is 230 g/mol. The minimum Gasteiger partial charge on any atom is -0.468 e. The van der Waals surface area contributed by atoms with Crippen molar-refractivity contribution < 1.29 is 9.53 Å². The molecule has 0 aromatic carbocycles. The molecular formula is C12H26N2O2. The minimum absolute atomic E-state index is 0.208. The summed E-state index contributed by atoms with van der Waals surface area (Å²) in [6.07, 6.45) is 0. The van der Waals surface area contributed by atoms with Crippen molar-refractivity contribution in [3.63, 3.8) is 0 Å². The number of carbonyl (C=O) groups excluding carboxylic acids is 1. The summed E-state index contributed by atoms with van der Waals surface area (Å²) in [6, 6.07) is 0.816. The van der Waals surface area contributed by atoms with Gasteiger partial charge < -0.3 is 10.1 Å². The molecule has 96 valence electrons. The second kappa shape index (κ2) is 7.63. The topological polar surface area (TPSA) is 41.6 Å². The maximum atomic E-state index is 11.2. The van der Waals surface area contributed by atoms with E-state index in [1.165, 1.54) is 7.11 Å². The Morgan fingerprint density at radius 1 is 1.19 bits per heavy atom. The molecule has 0 saturated carbocycles. The van der Waals surface area contributed by atoms with Crippen molar-refractivity contribution in [2.45, 2.75) is 52.7 Å². The van der Waals surface area contributed by atoms with Crippen molar-refractivity contribution in [3.8, 4) is 0 Å². The molecule has 1 unspecified atom stereocenters. The summed E-state index contributed by atoms with van der Waals surface area (Å²) in [5, 5.41) is 3.16. The zero-order valence-electron chi connectivity index (χ0n) is 11.4. The molecule has 0 rings (SSSR count). The van der Waals surface area contributed by atoms with Crippen LogP contribution in [-0.4, -0.2) is 49.2 Å². The number of ether oxygens (including phenoxy) is 1. The molecule has 4 heteroatoms. The van der Waals surface area contributed by atoms with Gasteiger partial charge in [0.15, 0.2) is 0 Å². The Balaban J connectivity index is 3.91. The van der Waals surface area contributed by atoms with E-state index in [9.17, 15) is 4.79 Å². The molecule has 0 radical (unpaired) electrons. The van der Waals surface area contributed by atoms with Gasteiger partial charge in [0.2, 0.25) is 0 Å². The molecular weight excluding hydrogens is 204 g/mol. The fourth-order valence-electron chi connectivity index (χ4n) is 1.78. The van der Waals surface area contributed by atoms with Gasteiger partial charge in [-0.1, -0.05) is 0 Å². The van der Waals surface area contributed by atoms with Crippen molar-refractivity contribution in [1.29, 1.82) is 0 Å². The van der Waals surface area contributed by atoms with E-state index in [4.69, 9.17) is 0 Å². The highest BCUT2D eigenvalue weighted by atomic mass is 16.5. The van der Waals surface area contributed by atoms with Gasteiger partial charge in [-0.05, 0) is 34.6 Å². The van der Waals surface area contributed by atoms with E-state index in [0.717, 1.165) is 13.1 Å². The van der Waals surface area contributed by atoms with Crippen LogP contribution in [0.5, 0.6) is 0 Å². The quantitative estimate of drug-likeness (QED) is 0.669. The van der Waals surface area contributed by atoms with E-state index in [1.807, 2.05) is 6.92 Å². The Hall–Kier alpha value is -0.610. The van der Waals surface area contributed by atoms with Crippen LogP contribution in [0.2, 0.25) is 0 Å². The van der Waals surface area contributed by atoms with Gasteiger partial charge >= 0.3 is 5.97 Å². The molecule has 0 heterocycles. The molecule has 0 aliphatic rings. The fourth-order valence-corrected chi connectivity index (χ4v) is 1.78. The van der Waals surface area contributed by atoms with Gasteiger partial charge in [-0.25, -0.2) is 0 Å². The molecule has 0 fully saturated rings. The summed E-state index contributed by atoms with van der Waals surface area (Å²) in [5.41, 5.74) is 0. The Kier molecular flexibility index (Phi) is 7.34. The Labute approximate surface area is 99.3 Å². The first-order valence-electron chi connectivity index (χ1n) is 5.97. The second-order valence-electron chi connectivity index (χ2n) is 4.62. The first kappa shape index (κ1) is 15.4. The van der Waals surface area contributed by atoms with Crippen LogP contribution in [0.15, 0.2) is 0 Å². The van der Waals surface area contributed by atoms with E-state index in [0.29, 0.717) is 12.1 Å².